The van der Waals surface area contributed by atoms with Gasteiger partial charge in [-0.15, -0.1) is 0 Å². The van der Waals surface area contributed by atoms with Gasteiger partial charge < -0.3 is 14.2 Å². The highest BCUT2D eigenvalue weighted by Gasteiger charge is 2.38. The Kier molecular flexibility index (Phi) is 4.62. The zero-order valence-electron chi connectivity index (χ0n) is 18.5. The molecule has 0 saturated carbocycles. The summed E-state index contributed by atoms with van der Waals surface area (Å²) >= 11 is 0. The molecule has 0 spiro atoms. The zero-order valence-corrected chi connectivity index (χ0v) is 18.5. The minimum atomic E-state index is -0.608. The summed E-state index contributed by atoms with van der Waals surface area (Å²) < 4.78 is 19.3. The minimum Gasteiger partial charge on any atom is -0.493 e. The van der Waals surface area contributed by atoms with Gasteiger partial charge in [-0.3, -0.25) is 9.36 Å². The van der Waals surface area contributed by atoms with E-state index in [1.165, 1.54) is 10.8 Å². The fourth-order valence-electron chi connectivity index (χ4n) is 4.27. The summed E-state index contributed by atoms with van der Waals surface area (Å²) in [6.07, 6.45) is 2.54. The van der Waals surface area contributed by atoms with Crippen LogP contribution >= 0.6 is 0 Å². The van der Waals surface area contributed by atoms with Crippen LogP contribution in [0.15, 0.2) is 60.5 Å². The maximum Gasteiger partial charge on any atom is 0.419 e. The lowest BCUT2D eigenvalue weighted by molar-refractivity contribution is 0.0531. The minimum absolute atomic E-state index is 0.0640. The van der Waals surface area contributed by atoms with E-state index in [1.54, 1.807) is 12.3 Å². The summed E-state index contributed by atoms with van der Waals surface area (Å²) in [6, 6.07) is 13.2. The average molecular weight is 431 g/mol. The van der Waals surface area contributed by atoms with Crippen molar-refractivity contribution in [1.29, 1.82) is 0 Å². The zero-order chi connectivity index (χ0) is 22.6. The summed E-state index contributed by atoms with van der Waals surface area (Å²) in [5, 5.41) is 0.901. The van der Waals surface area contributed by atoms with Gasteiger partial charge in [0.05, 0.1) is 22.9 Å². The van der Waals surface area contributed by atoms with Crippen LogP contribution in [0, 0.1) is 6.92 Å². The van der Waals surface area contributed by atoms with Crippen LogP contribution < -0.4 is 4.74 Å². The van der Waals surface area contributed by atoms with Crippen molar-refractivity contribution >= 4 is 22.8 Å². The third kappa shape index (κ3) is 3.45. The molecular formula is C26H25NO5. The highest BCUT2D eigenvalue weighted by molar-refractivity contribution is 6.12. The second-order valence-electron chi connectivity index (χ2n) is 9.32. The molecule has 2 aromatic carbocycles. The lowest BCUT2D eigenvalue weighted by Crippen LogP contribution is -2.34. The van der Waals surface area contributed by atoms with Gasteiger partial charge in [0.15, 0.2) is 5.78 Å². The van der Waals surface area contributed by atoms with E-state index >= 15 is 0 Å². The quantitative estimate of drug-likeness (QED) is 0.493. The largest absolute Gasteiger partial charge is 0.493 e. The number of aryl methyl sites for hydroxylation is 1. The normalized spacial score (nSPS) is 20.0. The lowest BCUT2D eigenvalue weighted by Gasteiger charge is -2.33. The number of para-hydroxylation sites is 1. The molecule has 164 valence electrons. The summed E-state index contributed by atoms with van der Waals surface area (Å²) in [7, 11) is 0. The SMILES string of the molecule is Cc1ccc2c(c1)O[C@@H]1C[C@H](c3cn(C(=O)OC(C)(C)C)c4ccccc34)OC=C1C2=O. The number of benzene rings is 2. The lowest BCUT2D eigenvalue weighted by atomic mass is 9.89. The fourth-order valence-corrected chi connectivity index (χ4v) is 4.27. The summed E-state index contributed by atoms with van der Waals surface area (Å²) in [4.78, 5) is 25.8. The number of fused-ring (bicyclic) bond motifs is 3. The number of nitrogens with zero attached hydrogens (tertiary/aromatic N) is 1. The number of Topliss-reactive ketones (excluding diaryl/α,β-unsaturated/α-hetero) is 1. The number of hydrogen-bond donors (Lipinski definition) is 0. The number of ether oxygens (including phenoxy) is 3. The monoisotopic (exact) mass is 431 g/mol. The maximum atomic E-state index is 13.0. The third-order valence-corrected chi connectivity index (χ3v) is 5.73. The van der Waals surface area contributed by atoms with Crippen LogP contribution in [-0.2, 0) is 9.47 Å². The molecule has 0 radical (unpaired) electrons. The number of rotatable bonds is 1. The topological polar surface area (TPSA) is 66.8 Å². The molecule has 0 saturated heterocycles. The Hall–Kier alpha value is -3.54. The predicted octanol–water partition coefficient (Wildman–Crippen LogP) is 5.72. The Morgan fingerprint density at radius 2 is 1.91 bits per heavy atom. The molecule has 32 heavy (non-hydrogen) atoms. The molecule has 0 N–H and O–H groups in total. The van der Waals surface area contributed by atoms with Gasteiger partial charge in [0, 0.05) is 23.6 Å². The number of carbonyl (C=O) groups is 2. The van der Waals surface area contributed by atoms with E-state index in [0.717, 1.165) is 22.0 Å². The van der Waals surface area contributed by atoms with E-state index in [0.29, 0.717) is 23.3 Å². The number of aromatic nitrogens is 1. The fraction of sp³-hybridized carbons (Fsp3) is 0.308. The van der Waals surface area contributed by atoms with Gasteiger partial charge in [0.2, 0.25) is 0 Å². The number of hydrogen-bond acceptors (Lipinski definition) is 5. The molecule has 5 rings (SSSR count). The van der Waals surface area contributed by atoms with E-state index in [4.69, 9.17) is 14.2 Å². The first-order chi connectivity index (χ1) is 15.2. The van der Waals surface area contributed by atoms with Crippen LogP contribution in [0.3, 0.4) is 0 Å². The van der Waals surface area contributed by atoms with E-state index in [1.807, 2.05) is 64.1 Å². The molecule has 2 atom stereocenters. The van der Waals surface area contributed by atoms with Crippen LogP contribution in [0.5, 0.6) is 5.75 Å². The Balaban J connectivity index is 1.50. The molecule has 0 aliphatic carbocycles. The molecule has 6 nitrogen and oxygen atoms in total. The summed E-state index contributed by atoms with van der Waals surface area (Å²) in [5.74, 6) is 0.542. The van der Waals surface area contributed by atoms with Gasteiger partial charge in [-0.25, -0.2) is 4.79 Å². The van der Waals surface area contributed by atoms with Crippen molar-refractivity contribution in [3.8, 4) is 5.75 Å². The highest BCUT2D eigenvalue weighted by Crippen LogP contribution is 2.41. The van der Waals surface area contributed by atoms with E-state index < -0.39 is 17.8 Å². The Labute approximate surface area is 186 Å². The standard InChI is InChI=1S/C26H25NO5/c1-15-9-10-17-22(11-15)31-23-12-21(30-14-19(23)24(17)28)18-13-27(25(29)32-26(2,3)4)20-8-6-5-7-16(18)20/h5-11,13-14,21,23H,12H2,1-4H3/t21-,23-/m1/s1. The van der Waals surface area contributed by atoms with Crippen molar-refractivity contribution in [2.45, 2.75) is 51.9 Å². The molecule has 3 heterocycles. The van der Waals surface area contributed by atoms with Crippen LogP contribution in [0.25, 0.3) is 10.9 Å². The summed E-state index contributed by atoms with van der Waals surface area (Å²) in [6.45, 7) is 7.49. The third-order valence-electron chi connectivity index (χ3n) is 5.73. The Bertz CT molecular complexity index is 1280. The van der Waals surface area contributed by atoms with Crippen LogP contribution in [0.1, 0.15) is 54.8 Å². The molecule has 2 aliphatic rings. The van der Waals surface area contributed by atoms with Gasteiger partial charge >= 0.3 is 6.09 Å². The smallest absolute Gasteiger partial charge is 0.419 e. The van der Waals surface area contributed by atoms with Crippen molar-refractivity contribution < 1.29 is 23.8 Å². The molecule has 3 aromatic rings. The first-order valence-electron chi connectivity index (χ1n) is 10.7. The maximum absolute atomic E-state index is 13.0. The van der Waals surface area contributed by atoms with Crippen molar-refractivity contribution in [2.24, 2.45) is 0 Å². The second kappa shape index (κ2) is 7.26. The number of carbonyl (C=O) groups excluding carboxylic acids is 2. The van der Waals surface area contributed by atoms with Crippen LogP contribution in [-0.4, -0.2) is 28.1 Å². The predicted molar refractivity (Wildman–Crippen MR) is 120 cm³/mol. The van der Waals surface area contributed by atoms with E-state index in [9.17, 15) is 9.59 Å². The van der Waals surface area contributed by atoms with Gasteiger partial charge in [-0.1, -0.05) is 24.3 Å². The van der Waals surface area contributed by atoms with Crippen molar-refractivity contribution in [3.63, 3.8) is 0 Å². The molecule has 0 bridgehead atoms. The van der Waals surface area contributed by atoms with E-state index in [-0.39, 0.29) is 11.9 Å². The van der Waals surface area contributed by atoms with Crippen LogP contribution in [0.2, 0.25) is 0 Å². The first-order valence-corrected chi connectivity index (χ1v) is 10.7. The molecule has 6 heteroatoms. The molecular weight excluding hydrogens is 406 g/mol. The molecule has 0 fully saturated rings. The van der Waals surface area contributed by atoms with Crippen molar-refractivity contribution in [2.75, 3.05) is 0 Å². The van der Waals surface area contributed by atoms with Gasteiger partial charge in [0.1, 0.15) is 23.6 Å². The first kappa shape index (κ1) is 20.4. The molecule has 1 aromatic heterocycles. The Morgan fingerprint density at radius 3 is 2.69 bits per heavy atom. The van der Waals surface area contributed by atoms with Crippen LogP contribution in [0.4, 0.5) is 4.79 Å². The molecule has 0 unspecified atom stereocenters. The Morgan fingerprint density at radius 1 is 1.12 bits per heavy atom. The average Bonchev–Trinajstić information content (AvgIpc) is 3.12. The van der Waals surface area contributed by atoms with Crippen molar-refractivity contribution in [1.82, 2.24) is 4.57 Å². The molecule has 0 amide bonds. The molecule has 2 aliphatic heterocycles. The summed E-state index contributed by atoms with van der Waals surface area (Å²) in [5.41, 5.74) is 3.11. The van der Waals surface area contributed by atoms with Gasteiger partial charge in [-0.2, -0.15) is 0 Å². The number of ketones is 1. The van der Waals surface area contributed by atoms with Gasteiger partial charge in [0.25, 0.3) is 0 Å². The van der Waals surface area contributed by atoms with Gasteiger partial charge in [-0.05, 0) is 51.5 Å². The second-order valence-corrected chi connectivity index (χ2v) is 9.32. The highest BCUT2D eigenvalue weighted by atomic mass is 16.6. The van der Waals surface area contributed by atoms with E-state index in [2.05, 4.69) is 0 Å². The van der Waals surface area contributed by atoms with Crippen molar-refractivity contribution in [3.05, 3.63) is 77.2 Å².